The number of rotatable bonds is 3. The Morgan fingerprint density at radius 2 is 2.19 bits per heavy atom. The van der Waals surface area contributed by atoms with Crippen molar-refractivity contribution in [2.75, 3.05) is 6.54 Å². The second-order valence-corrected chi connectivity index (χ2v) is 5.69. The van der Waals surface area contributed by atoms with E-state index in [-0.39, 0.29) is 10.6 Å². The number of amides is 1. The van der Waals surface area contributed by atoms with Gasteiger partial charge in [-0.1, -0.05) is 24.9 Å². The molecule has 1 heterocycles. The molecule has 0 radical (unpaired) electrons. The Labute approximate surface area is 127 Å². The van der Waals surface area contributed by atoms with Crippen molar-refractivity contribution in [2.24, 2.45) is 5.92 Å². The number of piperidine rings is 1. The minimum absolute atomic E-state index is 0.142. The summed E-state index contributed by atoms with van der Waals surface area (Å²) in [6, 6.07) is 2.85. The molecule has 1 N–H and O–H groups in total. The molecule has 1 aromatic carbocycles. The number of likely N-dealkylation sites (tertiary alicyclic amines) is 1. The summed E-state index contributed by atoms with van der Waals surface area (Å²) in [7, 11) is 0. The summed E-state index contributed by atoms with van der Waals surface area (Å²) in [5.74, 6) is -1.71. The van der Waals surface area contributed by atoms with Crippen molar-refractivity contribution in [2.45, 2.75) is 32.2 Å². The van der Waals surface area contributed by atoms with Crippen LogP contribution >= 0.6 is 11.6 Å². The lowest BCUT2D eigenvalue weighted by Gasteiger charge is -2.37. The number of hydrogen-bond donors (Lipinski definition) is 1. The van der Waals surface area contributed by atoms with Crippen LogP contribution in [0.15, 0.2) is 18.2 Å². The third kappa shape index (κ3) is 3.35. The van der Waals surface area contributed by atoms with Gasteiger partial charge in [0.15, 0.2) is 0 Å². The molecule has 0 aliphatic carbocycles. The standard InChI is InChI=1S/C15H17ClFNO3/c1-2-9-5-6-18(13(7-9)15(20)21)14(19)10-3-4-12(17)11(16)8-10/h3-4,8-9,13H,2,5-7H2,1H3,(H,20,21). The Balaban J connectivity index is 2.24. The number of carbonyl (C=O) groups is 2. The van der Waals surface area contributed by atoms with Crippen molar-refractivity contribution in [3.63, 3.8) is 0 Å². The molecule has 1 aromatic rings. The summed E-state index contributed by atoms with van der Waals surface area (Å²) in [4.78, 5) is 25.2. The molecule has 4 nitrogen and oxygen atoms in total. The molecule has 1 saturated heterocycles. The number of carbonyl (C=O) groups excluding carboxylic acids is 1. The fourth-order valence-electron chi connectivity index (χ4n) is 2.68. The van der Waals surface area contributed by atoms with Gasteiger partial charge in [-0.05, 0) is 37.0 Å². The van der Waals surface area contributed by atoms with Crippen LogP contribution in [-0.2, 0) is 4.79 Å². The zero-order valence-electron chi connectivity index (χ0n) is 11.7. The Morgan fingerprint density at radius 3 is 2.76 bits per heavy atom. The average Bonchev–Trinajstić information content (AvgIpc) is 2.48. The first kappa shape index (κ1) is 15.8. The highest BCUT2D eigenvalue weighted by atomic mass is 35.5. The van der Waals surface area contributed by atoms with Gasteiger partial charge in [0.1, 0.15) is 11.9 Å². The van der Waals surface area contributed by atoms with E-state index < -0.39 is 23.7 Å². The van der Waals surface area contributed by atoms with Crippen LogP contribution in [0.4, 0.5) is 4.39 Å². The minimum Gasteiger partial charge on any atom is -0.480 e. The molecule has 6 heteroatoms. The molecule has 2 rings (SSSR count). The lowest BCUT2D eigenvalue weighted by atomic mass is 9.88. The Kier molecular flexibility index (Phi) is 4.83. The van der Waals surface area contributed by atoms with E-state index in [1.165, 1.54) is 17.0 Å². The second-order valence-electron chi connectivity index (χ2n) is 5.28. The van der Waals surface area contributed by atoms with Crippen molar-refractivity contribution < 1.29 is 19.1 Å². The minimum atomic E-state index is -1.00. The predicted molar refractivity (Wildman–Crippen MR) is 76.9 cm³/mol. The molecule has 1 aliphatic rings. The molecule has 1 fully saturated rings. The van der Waals surface area contributed by atoms with E-state index in [0.29, 0.717) is 18.9 Å². The lowest BCUT2D eigenvalue weighted by molar-refractivity contribution is -0.144. The van der Waals surface area contributed by atoms with E-state index in [2.05, 4.69) is 0 Å². The molecule has 1 amide bonds. The van der Waals surface area contributed by atoms with Crippen LogP contribution in [0.1, 0.15) is 36.5 Å². The van der Waals surface area contributed by atoms with Gasteiger partial charge in [-0.2, -0.15) is 0 Å². The summed E-state index contributed by atoms with van der Waals surface area (Å²) < 4.78 is 13.2. The lowest BCUT2D eigenvalue weighted by Crippen LogP contribution is -2.50. The maximum Gasteiger partial charge on any atom is 0.326 e. The molecule has 0 spiro atoms. The van der Waals surface area contributed by atoms with E-state index in [0.717, 1.165) is 18.9 Å². The van der Waals surface area contributed by atoms with Crippen LogP contribution in [0.2, 0.25) is 5.02 Å². The van der Waals surface area contributed by atoms with Gasteiger partial charge >= 0.3 is 5.97 Å². The molecule has 2 atom stereocenters. The van der Waals surface area contributed by atoms with Gasteiger partial charge in [-0.15, -0.1) is 0 Å². The topological polar surface area (TPSA) is 57.6 Å². The largest absolute Gasteiger partial charge is 0.480 e. The molecular formula is C15H17ClFNO3. The van der Waals surface area contributed by atoms with E-state index in [1.807, 2.05) is 6.92 Å². The number of halogens is 2. The van der Waals surface area contributed by atoms with Crippen LogP contribution < -0.4 is 0 Å². The van der Waals surface area contributed by atoms with Gasteiger partial charge in [0.2, 0.25) is 0 Å². The summed E-state index contributed by atoms with van der Waals surface area (Å²) in [6.07, 6.45) is 2.13. The number of carboxylic acids is 1. The normalized spacial score (nSPS) is 22.1. The summed E-state index contributed by atoms with van der Waals surface area (Å²) in [5, 5.41) is 9.19. The van der Waals surface area contributed by atoms with Gasteiger partial charge in [-0.3, -0.25) is 4.79 Å². The summed E-state index contributed by atoms with van der Waals surface area (Å²) in [5.41, 5.74) is 0.211. The number of nitrogens with zero attached hydrogens (tertiary/aromatic N) is 1. The highest BCUT2D eigenvalue weighted by Crippen LogP contribution is 2.27. The zero-order valence-corrected chi connectivity index (χ0v) is 12.4. The highest BCUT2D eigenvalue weighted by Gasteiger charge is 2.36. The van der Waals surface area contributed by atoms with Crippen molar-refractivity contribution in [1.29, 1.82) is 0 Å². The molecule has 0 bridgehead atoms. The van der Waals surface area contributed by atoms with E-state index in [4.69, 9.17) is 11.6 Å². The predicted octanol–water partition coefficient (Wildman–Crippen LogP) is 3.19. The number of benzene rings is 1. The third-order valence-corrected chi connectivity index (χ3v) is 4.29. The van der Waals surface area contributed by atoms with E-state index >= 15 is 0 Å². The Hall–Kier alpha value is -1.62. The molecular weight excluding hydrogens is 297 g/mol. The van der Waals surface area contributed by atoms with Crippen LogP contribution in [0, 0.1) is 11.7 Å². The Bertz CT molecular complexity index is 564. The quantitative estimate of drug-likeness (QED) is 0.932. The van der Waals surface area contributed by atoms with E-state index in [9.17, 15) is 19.1 Å². The number of carboxylic acid groups (broad SMARTS) is 1. The van der Waals surface area contributed by atoms with Gasteiger partial charge in [0.05, 0.1) is 5.02 Å². The molecule has 0 aromatic heterocycles. The molecule has 1 aliphatic heterocycles. The first-order chi connectivity index (χ1) is 9.93. The SMILES string of the molecule is CCC1CCN(C(=O)c2ccc(F)c(Cl)c2)C(C(=O)O)C1. The van der Waals surface area contributed by atoms with Crippen LogP contribution in [0.25, 0.3) is 0 Å². The monoisotopic (exact) mass is 313 g/mol. The zero-order chi connectivity index (χ0) is 15.6. The average molecular weight is 314 g/mol. The van der Waals surface area contributed by atoms with Crippen molar-refractivity contribution in [3.8, 4) is 0 Å². The fraction of sp³-hybridized carbons (Fsp3) is 0.467. The van der Waals surface area contributed by atoms with Crippen molar-refractivity contribution in [3.05, 3.63) is 34.6 Å². The molecule has 0 saturated carbocycles. The van der Waals surface area contributed by atoms with Crippen LogP contribution in [0.3, 0.4) is 0 Å². The summed E-state index contributed by atoms with van der Waals surface area (Å²) in [6.45, 7) is 2.41. The Morgan fingerprint density at radius 1 is 1.48 bits per heavy atom. The fourth-order valence-corrected chi connectivity index (χ4v) is 2.86. The number of hydrogen-bond acceptors (Lipinski definition) is 2. The third-order valence-electron chi connectivity index (χ3n) is 4.00. The maximum absolute atomic E-state index is 13.2. The molecule has 21 heavy (non-hydrogen) atoms. The molecule has 114 valence electrons. The second kappa shape index (κ2) is 6.43. The van der Waals surface area contributed by atoms with Gasteiger partial charge in [0, 0.05) is 12.1 Å². The molecule has 2 unspecified atom stereocenters. The number of aliphatic carboxylic acids is 1. The first-order valence-corrected chi connectivity index (χ1v) is 7.30. The van der Waals surface area contributed by atoms with E-state index in [1.54, 1.807) is 0 Å². The van der Waals surface area contributed by atoms with Gasteiger partial charge in [0.25, 0.3) is 5.91 Å². The maximum atomic E-state index is 13.2. The van der Waals surface area contributed by atoms with Crippen LogP contribution in [-0.4, -0.2) is 34.5 Å². The highest BCUT2D eigenvalue weighted by molar-refractivity contribution is 6.31. The van der Waals surface area contributed by atoms with Gasteiger partial charge in [-0.25, -0.2) is 9.18 Å². The van der Waals surface area contributed by atoms with Crippen LogP contribution in [0.5, 0.6) is 0 Å². The smallest absolute Gasteiger partial charge is 0.326 e. The van der Waals surface area contributed by atoms with Crippen molar-refractivity contribution >= 4 is 23.5 Å². The summed E-state index contributed by atoms with van der Waals surface area (Å²) >= 11 is 5.68. The van der Waals surface area contributed by atoms with Crippen molar-refractivity contribution in [1.82, 2.24) is 4.90 Å². The first-order valence-electron chi connectivity index (χ1n) is 6.92. The van der Waals surface area contributed by atoms with Gasteiger partial charge < -0.3 is 10.0 Å².